The number of fused-ring (bicyclic) bond motifs is 1. The third-order valence-corrected chi connectivity index (χ3v) is 3.40. The van der Waals surface area contributed by atoms with Crippen molar-refractivity contribution in [3.63, 3.8) is 0 Å². The molecule has 0 aliphatic carbocycles. The topological polar surface area (TPSA) is 104 Å². The first-order valence-electron chi connectivity index (χ1n) is 8.53. The summed E-state index contributed by atoms with van der Waals surface area (Å²) in [7, 11) is 0. The summed E-state index contributed by atoms with van der Waals surface area (Å²) >= 11 is -0.543. The minimum absolute atomic E-state index is 0.0508. The molecule has 3 rings (SSSR count). The fraction of sp³-hybridized carbons (Fsp3) is 0.150. The normalized spacial score (nSPS) is 11.7. The summed E-state index contributed by atoms with van der Waals surface area (Å²) in [6, 6.07) is 11.9. The molecule has 0 saturated heterocycles. The zero-order valence-corrected chi connectivity index (χ0v) is 18.8. The van der Waals surface area contributed by atoms with E-state index < -0.39 is 31.6 Å². The number of benzene rings is 2. The van der Waals surface area contributed by atoms with Gasteiger partial charge >= 0.3 is 40.6 Å². The second kappa shape index (κ2) is 10.0. The van der Waals surface area contributed by atoms with Crippen molar-refractivity contribution in [1.82, 2.24) is 4.98 Å². The molecule has 4 N–H and O–H groups in total. The number of amides is 2. The maximum atomic E-state index is 13.1. The van der Waals surface area contributed by atoms with Gasteiger partial charge in [0.2, 0.25) is 0 Å². The van der Waals surface area contributed by atoms with E-state index in [2.05, 4.69) is 30.0 Å². The first kappa shape index (κ1) is 21.6. The number of halogens is 1. The molecule has 28 heavy (non-hydrogen) atoms. The van der Waals surface area contributed by atoms with Crippen LogP contribution in [0.1, 0.15) is 11.1 Å². The molecule has 3 aromatic rings. The summed E-state index contributed by atoms with van der Waals surface area (Å²) in [5, 5.41) is 18.0. The number of rotatable bonds is 3. The van der Waals surface area contributed by atoms with E-state index in [4.69, 9.17) is 5.73 Å². The van der Waals surface area contributed by atoms with Crippen molar-refractivity contribution >= 4 is 48.5 Å². The number of H-pyrrole nitrogens is 1. The number of urea groups is 1. The van der Waals surface area contributed by atoms with Crippen LogP contribution in [-0.4, -0.2) is 35.9 Å². The van der Waals surface area contributed by atoms with Gasteiger partial charge in [-0.15, -0.1) is 5.11 Å². The number of azo groups is 1. The number of para-hydroxylation sites is 1. The number of nitrogens with one attached hydrogen (secondary N) is 1. The molecule has 0 aliphatic rings. The fourth-order valence-corrected chi connectivity index (χ4v) is 2.33. The van der Waals surface area contributed by atoms with E-state index in [0.29, 0.717) is 11.1 Å². The van der Waals surface area contributed by atoms with Crippen molar-refractivity contribution in [3.8, 4) is 5.88 Å². The molecule has 2 aromatic carbocycles. The number of nitrogens with two attached hydrogens (primary N) is 1. The van der Waals surface area contributed by atoms with E-state index in [0.717, 1.165) is 10.9 Å². The van der Waals surface area contributed by atoms with Crippen LogP contribution in [-0.2, 0) is 0 Å². The number of nitrogens with zero attached hydrogens (tertiary/aromatic N) is 2. The standard InChI is InChI=1S/C17H13FN4O2.3CH3.Sn/c18-11-7-5-10(6-8-11)15(21-22-17(19)24)9-13-12-3-1-2-4-14(12)20-16(13)23;;;;/h1-9,20,23H,(H2,19,24);3*1H3;/b15-9-,22-21?;;;;. The minimum atomic E-state index is -0.953. The van der Waals surface area contributed by atoms with Crippen LogP contribution in [0.4, 0.5) is 9.18 Å². The first-order chi connectivity index (χ1) is 13.3. The van der Waals surface area contributed by atoms with Gasteiger partial charge in [-0.25, -0.2) is 9.18 Å². The Labute approximate surface area is 169 Å². The Morgan fingerprint density at radius 1 is 1.11 bits per heavy atom. The Bertz CT molecular complexity index is 1010. The van der Waals surface area contributed by atoms with E-state index in [1.54, 1.807) is 6.08 Å². The molecule has 0 fully saturated rings. The Kier molecular flexibility index (Phi) is 7.74. The van der Waals surface area contributed by atoms with Gasteiger partial charge in [0.15, 0.2) is 5.88 Å². The van der Waals surface area contributed by atoms with Gasteiger partial charge in [0.05, 0.1) is 5.70 Å². The Morgan fingerprint density at radius 2 is 1.71 bits per heavy atom. The number of carbonyl (C=O) groups is 1. The maximum absolute atomic E-state index is 13.1. The number of aromatic nitrogens is 1. The van der Waals surface area contributed by atoms with Crippen molar-refractivity contribution in [2.45, 2.75) is 14.8 Å². The summed E-state index contributed by atoms with van der Waals surface area (Å²) in [4.78, 5) is 20.8. The van der Waals surface area contributed by atoms with Gasteiger partial charge < -0.3 is 15.8 Å². The Morgan fingerprint density at radius 3 is 2.32 bits per heavy atom. The van der Waals surface area contributed by atoms with E-state index >= 15 is 0 Å². The van der Waals surface area contributed by atoms with Crippen LogP contribution in [0, 0.1) is 5.82 Å². The number of aromatic hydroxyl groups is 1. The van der Waals surface area contributed by atoms with Gasteiger partial charge in [0.1, 0.15) is 5.82 Å². The van der Waals surface area contributed by atoms with Gasteiger partial charge in [-0.1, -0.05) is 23.3 Å². The Hall–Kier alpha value is -2.68. The van der Waals surface area contributed by atoms with Crippen molar-refractivity contribution in [2.75, 3.05) is 0 Å². The molecule has 8 heteroatoms. The predicted octanol–water partition coefficient (Wildman–Crippen LogP) is 5.41. The van der Waals surface area contributed by atoms with E-state index in [-0.39, 0.29) is 11.6 Å². The molecule has 0 unspecified atom stereocenters. The van der Waals surface area contributed by atoms with E-state index in [1.165, 1.54) is 24.3 Å². The van der Waals surface area contributed by atoms with Gasteiger partial charge in [-0.05, 0) is 36.4 Å². The summed E-state index contributed by atoms with van der Waals surface area (Å²) in [6.45, 7) is 0. The van der Waals surface area contributed by atoms with Crippen LogP contribution >= 0.6 is 0 Å². The zero-order chi connectivity index (χ0) is 20.7. The number of carbonyl (C=O) groups excluding carboxylic acids is 1. The third kappa shape index (κ3) is 6.19. The summed E-state index contributed by atoms with van der Waals surface area (Å²) in [5.41, 5.74) is 6.99. The van der Waals surface area contributed by atoms with Crippen LogP contribution in [0.25, 0.3) is 22.7 Å². The molecule has 0 spiro atoms. The second-order valence-corrected chi connectivity index (χ2v) is 15.1. The van der Waals surface area contributed by atoms with Gasteiger partial charge in [-0.3, -0.25) is 0 Å². The molecule has 1 radical (unpaired) electrons. The SMILES string of the molecule is NC(=O)N=N/C(=C\c1c(O)[nH]c2ccccc12)c1ccc(F)cc1.[CH3][Sn]([CH3])[CH3]. The zero-order valence-electron chi connectivity index (χ0n) is 15.9. The van der Waals surface area contributed by atoms with Crippen molar-refractivity contribution in [3.05, 3.63) is 65.5 Å². The first-order valence-corrected chi connectivity index (χ1v) is 17.1. The average Bonchev–Trinajstić information content (AvgIpc) is 2.94. The third-order valence-electron chi connectivity index (χ3n) is 3.40. The molecule has 0 saturated carbocycles. The fourth-order valence-electron chi connectivity index (χ4n) is 2.33. The Balaban J connectivity index is 0.000000640. The summed E-state index contributed by atoms with van der Waals surface area (Å²) in [6.07, 6.45) is 1.55. The molecule has 2 amide bonds. The van der Waals surface area contributed by atoms with Gasteiger partial charge in [0, 0.05) is 22.0 Å². The average molecular weight is 488 g/mol. The molecule has 0 aliphatic heterocycles. The van der Waals surface area contributed by atoms with Crippen molar-refractivity contribution in [1.29, 1.82) is 0 Å². The van der Waals surface area contributed by atoms with Gasteiger partial charge in [0.25, 0.3) is 0 Å². The summed E-state index contributed by atoms with van der Waals surface area (Å²) in [5.74, 6) is -0.454. The number of aromatic amines is 1. The number of hydrogen-bond donors (Lipinski definition) is 3. The van der Waals surface area contributed by atoms with Gasteiger partial charge in [-0.2, -0.15) is 0 Å². The van der Waals surface area contributed by atoms with Crippen molar-refractivity contribution < 1.29 is 14.3 Å². The van der Waals surface area contributed by atoms with Crippen LogP contribution in [0.15, 0.2) is 58.8 Å². The van der Waals surface area contributed by atoms with Crippen LogP contribution in [0.2, 0.25) is 14.8 Å². The number of hydrogen-bond acceptors (Lipinski definition) is 3. The molecule has 6 nitrogen and oxygen atoms in total. The molecule has 0 bridgehead atoms. The van der Waals surface area contributed by atoms with Crippen LogP contribution in [0.3, 0.4) is 0 Å². The molecule has 145 valence electrons. The van der Waals surface area contributed by atoms with Crippen molar-refractivity contribution in [2.24, 2.45) is 16.0 Å². The monoisotopic (exact) mass is 489 g/mol. The molecule has 1 heterocycles. The summed E-state index contributed by atoms with van der Waals surface area (Å²) < 4.78 is 13.1. The molecular formula is C20H22FN4O2Sn. The van der Waals surface area contributed by atoms with E-state index in [9.17, 15) is 14.3 Å². The molecule has 1 aromatic heterocycles. The molecule has 0 atom stereocenters. The predicted molar refractivity (Wildman–Crippen MR) is 112 cm³/mol. The number of primary amides is 1. The molecular weight excluding hydrogens is 466 g/mol. The van der Waals surface area contributed by atoms with Crippen LogP contribution < -0.4 is 5.73 Å². The van der Waals surface area contributed by atoms with Crippen LogP contribution in [0.5, 0.6) is 5.88 Å². The van der Waals surface area contributed by atoms with E-state index in [1.807, 2.05) is 24.3 Å². The second-order valence-electron chi connectivity index (χ2n) is 6.51. The quantitative estimate of drug-likeness (QED) is 0.339.